The third kappa shape index (κ3) is 2.57. The van der Waals surface area contributed by atoms with Crippen LogP contribution in [0.3, 0.4) is 0 Å². The van der Waals surface area contributed by atoms with Crippen molar-refractivity contribution in [2.75, 3.05) is 0 Å². The Morgan fingerprint density at radius 2 is 2.00 bits per heavy atom. The summed E-state index contributed by atoms with van der Waals surface area (Å²) in [5.41, 5.74) is 3.18. The van der Waals surface area contributed by atoms with Crippen molar-refractivity contribution in [1.29, 1.82) is 0 Å². The summed E-state index contributed by atoms with van der Waals surface area (Å²) in [4.78, 5) is 4.79. The van der Waals surface area contributed by atoms with Crippen LogP contribution in [0.25, 0.3) is 0 Å². The molecule has 0 aromatic rings. The molecule has 3 nitrogen and oxygen atoms in total. The highest BCUT2D eigenvalue weighted by Crippen LogP contribution is 2.44. The maximum absolute atomic E-state index is 5.71. The van der Waals surface area contributed by atoms with Crippen molar-refractivity contribution in [2.45, 2.75) is 64.8 Å². The van der Waals surface area contributed by atoms with Crippen LogP contribution >= 0.6 is 0 Å². The van der Waals surface area contributed by atoms with Gasteiger partial charge in [0.15, 0.2) is 0 Å². The Morgan fingerprint density at radius 3 is 2.44 bits per heavy atom. The lowest BCUT2D eigenvalue weighted by Gasteiger charge is -2.32. The summed E-state index contributed by atoms with van der Waals surface area (Å²) < 4.78 is 0. The molecule has 0 aromatic heterocycles. The zero-order valence-electron chi connectivity index (χ0n) is 10.6. The summed E-state index contributed by atoms with van der Waals surface area (Å²) >= 11 is 0. The van der Waals surface area contributed by atoms with E-state index in [0.29, 0.717) is 6.04 Å². The second kappa shape index (κ2) is 4.74. The van der Waals surface area contributed by atoms with Gasteiger partial charge in [0, 0.05) is 5.41 Å². The fourth-order valence-electron chi connectivity index (χ4n) is 3.08. The molecule has 0 spiro atoms. The molecule has 0 aromatic carbocycles. The minimum Gasteiger partial charge on any atom is -0.312 e. The maximum Gasteiger partial charge on any atom is 0.117 e. The van der Waals surface area contributed by atoms with E-state index in [0.717, 1.165) is 11.8 Å². The Labute approximate surface area is 98.9 Å². The minimum absolute atomic E-state index is 0.269. The van der Waals surface area contributed by atoms with Crippen molar-refractivity contribution < 1.29 is 0 Å². The van der Waals surface area contributed by atoms with Crippen LogP contribution in [0.1, 0.15) is 58.8 Å². The van der Waals surface area contributed by atoms with Gasteiger partial charge in [-0.25, -0.2) is 5.84 Å². The minimum atomic E-state index is 0.269. The second-order valence-corrected chi connectivity index (χ2v) is 5.94. The van der Waals surface area contributed by atoms with Crippen molar-refractivity contribution in [3.63, 3.8) is 0 Å². The van der Waals surface area contributed by atoms with E-state index in [1.807, 2.05) is 0 Å². The van der Waals surface area contributed by atoms with Gasteiger partial charge in [-0.05, 0) is 38.0 Å². The lowest BCUT2D eigenvalue weighted by Crippen LogP contribution is -2.44. The summed E-state index contributed by atoms with van der Waals surface area (Å²) in [5.74, 6) is 7.53. The smallest absolute Gasteiger partial charge is 0.117 e. The zero-order valence-corrected chi connectivity index (χ0v) is 10.6. The van der Waals surface area contributed by atoms with Gasteiger partial charge in [-0.2, -0.15) is 0 Å². The average Bonchev–Trinajstić information content (AvgIpc) is 2.94. The van der Waals surface area contributed by atoms with Crippen LogP contribution in [0, 0.1) is 11.3 Å². The fourth-order valence-corrected chi connectivity index (χ4v) is 3.08. The Morgan fingerprint density at radius 1 is 1.38 bits per heavy atom. The molecule has 92 valence electrons. The number of hydrazine groups is 1. The van der Waals surface area contributed by atoms with E-state index < -0.39 is 0 Å². The van der Waals surface area contributed by atoms with Crippen LogP contribution in [0.2, 0.25) is 0 Å². The van der Waals surface area contributed by atoms with E-state index >= 15 is 0 Å². The van der Waals surface area contributed by atoms with Gasteiger partial charge in [0.1, 0.15) is 5.84 Å². The Kier molecular flexibility index (Phi) is 3.53. The van der Waals surface area contributed by atoms with Gasteiger partial charge in [-0.3, -0.25) is 4.99 Å². The molecule has 0 bridgehead atoms. The third-order valence-electron chi connectivity index (χ3n) is 3.86. The van der Waals surface area contributed by atoms with Gasteiger partial charge in [-0.15, -0.1) is 0 Å². The molecule has 2 aliphatic carbocycles. The van der Waals surface area contributed by atoms with Gasteiger partial charge in [0.2, 0.25) is 0 Å². The molecule has 0 radical (unpaired) electrons. The molecule has 0 saturated heterocycles. The maximum atomic E-state index is 5.71. The van der Waals surface area contributed by atoms with E-state index in [-0.39, 0.29) is 5.41 Å². The van der Waals surface area contributed by atoms with Gasteiger partial charge >= 0.3 is 0 Å². The molecule has 2 rings (SSSR count). The van der Waals surface area contributed by atoms with Crippen molar-refractivity contribution in [3.05, 3.63) is 0 Å². The molecule has 3 heteroatoms. The summed E-state index contributed by atoms with van der Waals surface area (Å²) in [6.07, 6.45) is 8.92. The average molecular weight is 223 g/mol. The van der Waals surface area contributed by atoms with Crippen molar-refractivity contribution >= 4 is 5.84 Å². The number of nitrogens with zero attached hydrogens (tertiary/aromatic N) is 1. The molecule has 2 aliphatic rings. The molecule has 0 aliphatic heterocycles. The number of hydrogen-bond donors (Lipinski definition) is 2. The van der Waals surface area contributed by atoms with Gasteiger partial charge < -0.3 is 5.43 Å². The summed E-state index contributed by atoms with van der Waals surface area (Å²) in [5, 5.41) is 0. The zero-order chi connectivity index (χ0) is 11.6. The number of hydrogen-bond acceptors (Lipinski definition) is 2. The molecule has 0 atom stereocenters. The predicted molar refractivity (Wildman–Crippen MR) is 68.1 cm³/mol. The quantitative estimate of drug-likeness (QED) is 0.333. The third-order valence-corrected chi connectivity index (χ3v) is 3.86. The highest BCUT2D eigenvalue weighted by Gasteiger charge is 2.40. The van der Waals surface area contributed by atoms with Crippen molar-refractivity contribution in [1.82, 2.24) is 5.43 Å². The number of amidine groups is 1. The molecular formula is C13H25N3. The Balaban J connectivity index is 2.15. The fraction of sp³-hybridized carbons (Fsp3) is 0.923. The highest BCUT2D eigenvalue weighted by atomic mass is 15.3. The van der Waals surface area contributed by atoms with Crippen LogP contribution in [-0.2, 0) is 0 Å². The van der Waals surface area contributed by atoms with E-state index in [2.05, 4.69) is 19.3 Å². The highest BCUT2D eigenvalue weighted by molar-refractivity contribution is 5.88. The van der Waals surface area contributed by atoms with Crippen LogP contribution in [-0.4, -0.2) is 11.9 Å². The van der Waals surface area contributed by atoms with Gasteiger partial charge in [0.05, 0.1) is 6.04 Å². The first-order valence-corrected chi connectivity index (χ1v) is 6.71. The number of rotatable bonds is 4. The first-order chi connectivity index (χ1) is 7.66. The monoisotopic (exact) mass is 223 g/mol. The lowest BCUT2D eigenvalue weighted by molar-refractivity contribution is 0.330. The van der Waals surface area contributed by atoms with E-state index in [9.17, 15) is 0 Å². The van der Waals surface area contributed by atoms with Crippen LogP contribution in [0.15, 0.2) is 4.99 Å². The van der Waals surface area contributed by atoms with Crippen LogP contribution < -0.4 is 11.3 Å². The number of nitrogens with two attached hydrogens (primary N) is 1. The molecule has 2 saturated carbocycles. The molecular weight excluding hydrogens is 198 g/mol. The van der Waals surface area contributed by atoms with E-state index in [1.54, 1.807) is 0 Å². The number of nitrogens with one attached hydrogen (secondary N) is 1. The summed E-state index contributed by atoms with van der Waals surface area (Å²) in [7, 11) is 0. The van der Waals surface area contributed by atoms with Crippen LogP contribution in [0.4, 0.5) is 0 Å². The molecule has 0 amide bonds. The normalized spacial score (nSPS) is 25.1. The molecule has 16 heavy (non-hydrogen) atoms. The Bertz CT molecular complexity index is 260. The van der Waals surface area contributed by atoms with Gasteiger partial charge in [0.25, 0.3) is 0 Å². The predicted octanol–water partition coefficient (Wildman–Crippen LogP) is 2.62. The van der Waals surface area contributed by atoms with Gasteiger partial charge in [-0.1, -0.05) is 26.7 Å². The van der Waals surface area contributed by atoms with E-state index in [1.165, 1.54) is 44.9 Å². The lowest BCUT2D eigenvalue weighted by atomic mass is 9.77. The summed E-state index contributed by atoms with van der Waals surface area (Å²) in [6.45, 7) is 4.59. The van der Waals surface area contributed by atoms with Crippen LogP contribution in [0.5, 0.6) is 0 Å². The molecule has 3 N–H and O–H groups in total. The molecule has 0 heterocycles. The van der Waals surface area contributed by atoms with E-state index in [4.69, 9.17) is 10.8 Å². The molecule has 0 unspecified atom stereocenters. The SMILES string of the molecule is CC(C)CC1(C(=NC2CC2)NN)CCCC1. The Hall–Kier alpha value is -0.570. The number of aliphatic imine (C=N–C) groups is 1. The summed E-state index contributed by atoms with van der Waals surface area (Å²) in [6, 6.07) is 0.565. The van der Waals surface area contributed by atoms with Crippen molar-refractivity contribution in [2.24, 2.45) is 22.2 Å². The van der Waals surface area contributed by atoms with Crippen molar-refractivity contribution in [3.8, 4) is 0 Å². The first-order valence-electron chi connectivity index (χ1n) is 6.71. The standard InChI is InChI=1S/C13H25N3/c1-10(2)9-13(7-3-4-8-13)12(16-14)15-11-5-6-11/h10-11H,3-9,14H2,1-2H3,(H,15,16). The largest absolute Gasteiger partial charge is 0.312 e. The second-order valence-electron chi connectivity index (χ2n) is 5.94. The first kappa shape index (κ1) is 11.9. The molecule has 2 fully saturated rings. The topological polar surface area (TPSA) is 50.4 Å².